The van der Waals surface area contributed by atoms with E-state index in [1.807, 2.05) is 0 Å². The average Bonchev–Trinajstić information content (AvgIpc) is 2.50. The molecule has 0 saturated heterocycles. The second-order valence-corrected chi connectivity index (χ2v) is 7.07. The molecule has 2 N–H and O–H groups in total. The molecule has 1 amide bonds. The van der Waals surface area contributed by atoms with Gasteiger partial charge in [0.25, 0.3) is 15.9 Å². The highest BCUT2D eigenvalue weighted by Crippen LogP contribution is 2.19. The van der Waals surface area contributed by atoms with Crippen molar-refractivity contribution in [3.8, 4) is 0 Å². The van der Waals surface area contributed by atoms with Crippen molar-refractivity contribution in [1.29, 1.82) is 0 Å². The predicted molar refractivity (Wildman–Crippen MR) is 86.2 cm³/mol. The van der Waals surface area contributed by atoms with E-state index in [0.29, 0.717) is 0 Å². The summed E-state index contributed by atoms with van der Waals surface area (Å²) in [4.78, 5) is 11.8. The first-order valence-corrected chi connectivity index (χ1v) is 8.56. The van der Waals surface area contributed by atoms with Gasteiger partial charge in [-0.15, -0.1) is 0 Å². The molecular weight excluding hydrogens is 338 g/mol. The molecule has 0 aliphatic rings. The summed E-state index contributed by atoms with van der Waals surface area (Å²) >= 11 is 0. The fourth-order valence-electron chi connectivity index (χ4n) is 1.92. The van der Waals surface area contributed by atoms with Crippen molar-refractivity contribution >= 4 is 21.6 Å². The Bertz CT molecular complexity index is 867. The standard InChI is InChI=1S/C16H16F2N2O3S/c1-10(2)19-16(21)11-4-3-5-13(8-11)24(22,23)20-12-6-7-14(17)15(18)9-12/h3-10,20H,1-2H3,(H,19,21). The Kier molecular flexibility index (Phi) is 5.18. The Morgan fingerprint density at radius 1 is 1.04 bits per heavy atom. The lowest BCUT2D eigenvalue weighted by Gasteiger charge is -2.11. The van der Waals surface area contributed by atoms with Gasteiger partial charge in [-0.05, 0) is 44.2 Å². The first-order valence-electron chi connectivity index (χ1n) is 7.08. The molecule has 5 nitrogen and oxygen atoms in total. The molecule has 0 saturated carbocycles. The molecule has 2 aromatic carbocycles. The van der Waals surface area contributed by atoms with E-state index in [4.69, 9.17) is 0 Å². The van der Waals surface area contributed by atoms with E-state index in [2.05, 4.69) is 10.0 Å². The summed E-state index contributed by atoms with van der Waals surface area (Å²) in [5, 5.41) is 2.66. The molecule has 0 radical (unpaired) electrons. The van der Waals surface area contributed by atoms with Crippen LogP contribution >= 0.6 is 0 Å². The lowest BCUT2D eigenvalue weighted by atomic mass is 10.2. The number of sulfonamides is 1. The Morgan fingerprint density at radius 2 is 1.75 bits per heavy atom. The zero-order valence-electron chi connectivity index (χ0n) is 13.0. The van der Waals surface area contributed by atoms with Gasteiger partial charge in [-0.1, -0.05) is 6.07 Å². The second kappa shape index (κ2) is 6.96. The van der Waals surface area contributed by atoms with Crippen LogP contribution in [0.15, 0.2) is 47.4 Å². The lowest BCUT2D eigenvalue weighted by molar-refractivity contribution is 0.0943. The summed E-state index contributed by atoms with van der Waals surface area (Å²) in [5.74, 6) is -2.65. The van der Waals surface area contributed by atoms with Gasteiger partial charge in [0, 0.05) is 17.7 Å². The molecule has 0 spiro atoms. The van der Waals surface area contributed by atoms with Gasteiger partial charge in [0.2, 0.25) is 0 Å². The first-order chi connectivity index (χ1) is 11.2. The van der Waals surface area contributed by atoms with Crippen LogP contribution in [0.2, 0.25) is 0 Å². The van der Waals surface area contributed by atoms with Gasteiger partial charge in [0.05, 0.1) is 10.6 Å². The van der Waals surface area contributed by atoms with Crippen molar-refractivity contribution in [2.45, 2.75) is 24.8 Å². The third-order valence-corrected chi connectivity index (χ3v) is 4.38. The van der Waals surface area contributed by atoms with Gasteiger partial charge < -0.3 is 5.32 Å². The van der Waals surface area contributed by atoms with E-state index < -0.39 is 27.6 Å². The summed E-state index contributed by atoms with van der Waals surface area (Å²) < 4.78 is 52.9. The summed E-state index contributed by atoms with van der Waals surface area (Å²) in [6.07, 6.45) is 0. The van der Waals surface area contributed by atoms with E-state index in [0.717, 1.165) is 18.2 Å². The number of benzene rings is 2. The molecule has 24 heavy (non-hydrogen) atoms. The van der Waals surface area contributed by atoms with Crippen molar-refractivity contribution in [1.82, 2.24) is 5.32 Å². The molecule has 0 atom stereocenters. The highest BCUT2D eigenvalue weighted by molar-refractivity contribution is 7.92. The quantitative estimate of drug-likeness (QED) is 0.867. The van der Waals surface area contributed by atoms with Crippen LogP contribution in [0.25, 0.3) is 0 Å². The molecule has 0 aliphatic heterocycles. The summed E-state index contributed by atoms with van der Waals surface area (Å²) in [5.41, 5.74) is 0.0581. The molecule has 0 fully saturated rings. The van der Waals surface area contributed by atoms with Crippen molar-refractivity contribution in [3.63, 3.8) is 0 Å². The largest absolute Gasteiger partial charge is 0.350 e. The van der Waals surface area contributed by atoms with Crippen LogP contribution in [-0.4, -0.2) is 20.4 Å². The van der Waals surface area contributed by atoms with E-state index in [1.165, 1.54) is 24.3 Å². The van der Waals surface area contributed by atoms with Crippen LogP contribution in [0, 0.1) is 11.6 Å². The summed E-state index contributed by atoms with van der Waals surface area (Å²) in [7, 11) is -4.05. The van der Waals surface area contributed by atoms with Crippen LogP contribution in [-0.2, 0) is 10.0 Å². The Hall–Kier alpha value is -2.48. The average molecular weight is 354 g/mol. The van der Waals surface area contributed by atoms with Crippen LogP contribution in [0.3, 0.4) is 0 Å². The van der Waals surface area contributed by atoms with Crippen molar-refractivity contribution in [2.75, 3.05) is 4.72 Å². The number of anilines is 1. The number of carbonyl (C=O) groups excluding carboxylic acids is 1. The zero-order chi connectivity index (χ0) is 17.9. The lowest BCUT2D eigenvalue weighted by Crippen LogP contribution is -2.30. The fraction of sp³-hybridized carbons (Fsp3) is 0.188. The maximum absolute atomic E-state index is 13.2. The topological polar surface area (TPSA) is 75.3 Å². The number of nitrogens with one attached hydrogen (secondary N) is 2. The van der Waals surface area contributed by atoms with E-state index in [-0.39, 0.29) is 22.2 Å². The molecule has 2 rings (SSSR count). The van der Waals surface area contributed by atoms with E-state index in [1.54, 1.807) is 13.8 Å². The predicted octanol–water partition coefficient (Wildman–Crippen LogP) is 2.90. The van der Waals surface area contributed by atoms with Crippen LogP contribution in [0.4, 0.5) is 14.5 Å². The molecule has 2 aromatic rings. The number of carbonyl (C=O) groups is 1. The zero-order valence-corrected chi connectivity index (χ0v) is 13.8. The molecule has 0 unspecified atom stereocenters. The van der Waals surface area contributed by atoms with E-state index >= 15 is 0 Å². The van der Waals surface area contributed by atoms with Gasteiger partial charge in [-0.2, -0.15) is 0 Å². The number of rotatable bonds is 5. The van der Waals surface area contributed by atoms with Gasteiger partial charge in [0.1, 0.15) is 0 Å². The minimum absolute atomic E-state index is 0.0990. The highest BCUT2D eigenvalue weighted by Gasteiger charge is 2.17. The van der Waals surface area contributed by atoms with Crippen molar-refractivity contribution < 1.29 is 22.0 Å². The Balaban J connectivity index is 2.29. The second-order valence-electron chi connectivity index (χ2n) is 5.39. The third-order valence-electron chi connectivity index (χ3n) is 3.00. The first kappa shape index (κ1) is 17.9. The molecular formula is C16H16F2N2O3S. The SMILES string of the molecule is CC(C)NC(=O)c1cccc(S(=O)(=O)Nc2ccc(F)c(F)c2)c1. The van der Waals surface area contributed by atoms with E-state index in [9.17, 15) is 22.0 Å². The molecule has 128 valence electrons. The maximum atomic E-state index is 13.2. The molecule has 0 aromatic heterocycles. The van der Waals surface area contributed by atoms with Crippen molar-refractivity contribution in [2.24, 2.45) is 0 Å². The highest BCUT2D eigenvalue weighted by atomic mass is 32.2. The van der Waals surface area contributed by atoms with Gasteiger partial charge in [-0.3, -0.25) is 9.52 Å². The normalized spacial score (nSPS) is 11.4. The maximum Gasteiger partial charge on any atom is 0.261 e. The monoisotopic (exact) mass is 354 g/mol. The number of halogens is 2. The molecule has 0 aliphatic carbocycles. The minimum atomic E-state index is -4.05. The van der Waals surface area contributed by atoms with Gasteiger partial charge in [0.15, 0.2) is 11.6 Å². The molecule has 8 heteroatoms. The molecule has 0 bridgehead atoms. The Morgan fingerprint density at radius 3 is 2.38 bits per heavy atom. The smallest absolute Gasteiger partial charge is 0.261 e. The number of amides is 1. The summed E-state index contributed by atoms with van der Waals surface area (Å²) in [6, 6.07) is 7.98. The third kappa shape index (κ3) is 4.29. The van der Waals surface area contributed by atoms with Crippen LogP contribution < -0.4 is 10.0 Å². The van der Waals surface area contributed by atoms with Crippen LogP contribution in [0.1, 0.15) is 24.2 Å². The summed E-state index contributed by atoms with van der Waals surface area (Å²) in [6.45, 7) is 3.56. The number of hydrogen-bond donors (Lipinski definition) is 2. The molecule has 0 heterocycles. The van der Waals surface area contributed by atoms with Gasteiger partial charge >= 0.3 is 0 Å². The fourth-order valence-corrected chi connectivity index (χ4v) is 3.02. The van der Waals surface area contributed by atoms with Gasteiger partial charge in [-0.25, -0.2) is 17.2 Å². The van der Waals surface area contributed by atoms with Crippen molar-refractivity contribution in [3.05, 3.63) is 59.7 Å². The van der Waals surface area contributed by atoms with Crippen LogP contribution in [0.5, 0.6) is 0 Å². The minimum Gasteiger partial charge on any atom is -0.350 e. The Labute approximate surface area is 138 Å². The number of hydrogen-bond acceptors (Lipinski definition) is 3.